The van der Waals surface area contributed by atoms with Gasteiger partial charge in [-0.1, -0.05) is 23.9 Å². The summed E-state index contributed by atoms with van der Waals surface area (Å²) in [6, 6.07) is -0.378. The first kappa shape index (κ1) is 21.2. The van der Waals surface area contributed by atoms with Crippen molar-refractivity contribution in [1.82, 2.24) is 25.0 Å². The maximum absolute atomic E-state index is 10.5. The number of thioether (sulfide) groups is 1. The number of anilines is 1. The largest absolute Gasteiger partial charge is 0.394 e. The van der Waals surface area contributed by atoms with E-state index in [0.29, 0.717) is 28.6 Å². The SMILES string of the molecule is CCCSc1nc(NC(C)C)c2nnn([C@@H]3C[C@H](OCCO)[C@@H](O)[C@H]3O)c2n1. The zero-order valence-electron chi connectivity index (χ0n) is 16.3. The van der Waals surface area contributed by atoms with Gasteiger partial charge in [-0.05, 0) is 20.3 Å². The molecule has 28 heavy (non-hydrogen) atoms. The van der Waals surface area contributed by atoms with Crippen molar-refractivity contribution in [3.05, 3.63) is 0 Å². The lowest BCUT2D eigenvalue weighted by molar-refractivity contribution is -0.0629. The molecule has 4 N–H and O–H groups in total. The molecule has 0 bridgehead atoms. The molecule has 10 nitrogen and oxygen atoms in total. The van der Waals surface area contributed by atoms with E-state index in [4.69, 9.17) is 9.84 Å². The fourth-order valence-corrected chi connectivity index (χ4v) is 3.94. The summed E-state index contributed by atoms with van der Waals surface area (Å²) in [5.74, 6) is 1.49. The Kier molecular flexibility index (Phi) is 7.05. The molecule has 1 aliphatic rings. The molecule has 4 atom stereocenters. The second-order valence-electron chi connectivity index (χ2n) is 7.13. The number of fused-ring (bicyclic) bond motifs is 1. The van der Waals surface area contributed by atoms with Crippen molar-refractivity contribution in [3.63, 3.8) is 0 Å². The van der Waals surface area contributed by atoms with Crippen LogP contribution in [0.3, 0.4) is 0 Å². The van der Waals surface area contributed by atoms with Gasteiger partial charge in [0, 0.05) is 18.2 Å². The molecule has 1 saturated carbocycles. The molecule has 0 aromatic carbocycles. The Morgan fingerprint density at radius 3 is 2.75 bits per heavy atom. The van der Waals surface area contributed by atoms with Crippen LogP contribution < -0.4 is 5.32 Å². The minimum Gasteiger partial charge on any atom is -0.394 e. The number of ether oxygens (including phenoxy) is 1. The van der Waals surface area contributed by atoms with Gasteiger partial charge in [0.15, 0.2) is 22.1 Å². The number of nitrogens with one attached hydrogen (secondary N) is 1. The van der Waals surface area contributed by atoms with Crippen LogP contribution in [0.2, 0.25) is 0 Å². The Morgan fingerprint density at radius 1 is 1.29 bits per heavy atom. The molecule has 2 aromatic heterocycles. The summed E-state index contributed by atoms with van der Waals surface area (Å²) < 4.78 is 7.01. The highest BCUT2D eigenvalue weighted by molar-refractivity contribution is 7.99. The summed E-state index contributed by atoms with van der Waals surface area (Å²) in [7, 11) is 0. The van der Waals surface area contributed by atoms with Crippen LogP contribution in [-0.4, -0.2) is 83.6 Å². The number of nitrogens with zero attached hydrogens (tertiary/aromatic N) is 5. The van der Waals surface area contributed by atoms with Gasteiger partial charge >= 0.3 is 0 Å². The quantitative estimate of drug-likeness (QED) is 0.342. The van der Waals surface area contributed by atoms with Gasteiger partial charge in [0.2, 0.25) is 0 Å². The average Bonchev–Trinajstić information content (AvgIpc) is 3.20. The van der Waals surface area contributed by atoms with Gasteiger partial charge in [-0.25, -0.2) is 14.6 Å². The predicted molar refractivity (Wildman–Crippen MR) is 105 cm³/mol. The number of hydrogen-bond donors (Lipinski definition) is 4. The van der Waals surface area contributed by atoms with E-state index in [1.165, 1.54) is 0 Å². The van der Waals surface area contributed by atoms with Crippen molar-refractivity contribution in [2.45, 2.75) is 69.2 Å². The third-order valence-corrected chi connectivity index (χ3v) is 5.55. The first-order chi connectivity index (χ1) is 13.5. The standard InChI is InChI=1S/C17H28N6O4S/c1-4-7-28-17-19-15(18-9(2)3)12-16(20-17)23(22-21-12)10-8-11(27-6-5-24)14(26)13(10)25/h9-11,13-14,24-26H,4-8H2,1-3H3,(H,18,19,20)/t10-,11+,13+,14-/m1/s1. The Morgan fingerprint density at radius 2 is 2.07 bits per heavy atom. The summed E-state index contributed by atoms with van der Waals surface area (Å²) in [4.78, 5) is 9.18. The van der Waals surface area contributed by atoms with Crippen molar-refractivity contribution in [2.24, 2.45) is 0 Å². The first-order valence-corrected chi connectivity index (χ1v) is 10.6. The Labute approximate surface area is 167 Å². The second kappa shape index (κ2) is 9.31. The number of hydrogen-bond acceptors (Lipinski definition) is 10. The van der Waals surface area contributed by atoms with E-state index in [2.05, 4.69) is 32.5 Å². The van der Waals surface area contributed by atoms with Crippen LogP contribution in [0.4, 0.5) is 5.82 Å². The van der Waals surface area contributed by atoms with Crippen molar-refractivity contribution in [3.8, 4) is 0 Å². The monoisotopic (exact) mass is 412 g/mol. The number of aliphatic hydroxyl groups excluding tert-OH is 3. The summed E-state index contributed by atoms with van der Waals surface area (Å²) in [5, 5.41) is 42.1. The van der Waals surface area contributed by atoms with Gasteiger partial charge in [0.25, 0.3) is 0 Å². The lowest BCUT2D eigenvalue weighted by Crippen LogP contribution is -2.33. The molecular formula is C17H28N6O4S. The smallest absolute Gasteiger partial charge is 0.191 e. The molecule has 3 rings (SSSR count). The normalized spacial score (nSPS) is 25.1. The van der Waals surface area contributed by atoms with Crippen LogP contribution in [0.1, 0.15) is 39.7 Å². The Balaban J connectivity index is 1.97. The minimum absolute atomic E-state index is 0.0989. The topological polar surface area (TPSA) is 138 Å². The maximum atomic E-state index is 10.5. The summed E-state index contributed by atoms with van der Waals surface area (Å²) >= 11 is 1.55. The fraction of sp³-hybridized carbons (Fsp3) is 0.765. The molecule has 11 heteroatoms. The number of aromatic nitrogens is 5. The van der Waals surface area contributed by atoms with Gasteiger partial charge in [-0.2, -0.15) is 0 Å². The molecule has 0 saturated heterocycles. The van der Waals surface area contributed by atoms with E-state index in [1.54, 1.807) is 16.4 Å². The highest BCUT2D eigenvalue weighted by atomic mass is 32.2. The predicted octanol–water partition coefficient (Wildman–Crippen LogP) is 0.588. The molecule has 156 valence electrons. The fourth-order valence-electron chi connectivity index (χ4n) is 3.25. The summed E-state index contributed by atoms with van der Waals surface area (Å²) in [6.45, 7) is 6.07. The van der Waals surface area contributed by atoms with E-state index >= 15 is 0 Å². The number of rotatable bonds is 9. The van der Waals surface area contributed by atoms with Crippen LogP contribution >= 0.6 is 11.8 Å². The van der Waals surface area contributed by atoms with Gasteiger partial charge in [0.1, 0.15) is 12.2 Å². The third kappa shape index (κ3) is 4.38. The van der Waals surface area contributed by atoms with Crippen molar-refractivity contribution < 1.29 is 20.1 Å². The molecule has 1 aliphatic carbocycles. The van der Waals surface area contributed by atoms with Crippen molar-refractivity contribution >= 4 is 28.7 Å². The molecule has 0 spiro atoms. The lowest BCUT2D eigenvalue weighted by Gasteiger charge is -2.17. The number of aliphatic hydroxyl groups is 3. The van der Waals surface area contributed by atoms with E-state index in [0.717, 1.165) is 12.2 Å². The molecular weight excluding hydrogens is 384 g/mol. The van der Waals surface area contributed by atoms with Crippen LogP contribution in [0.25, 0.3) is 11.2 Å². The highest BCUT2D eigenvalue weighted by Crippen LogP contribution is 2.35. The van der Waals surface area contributed by atoms with Gasteiger partial charge in [-0.15, -0.1) is 5.10 Å². The molecule has 1 fully saturated rings. The first-order valence-electron chi connectivity index (χ1n) is 9.57. The third-order valence-electron chi connectivity index (χ3n) is 4.50. The molecule has 0 aliphatic heterocycles. The average molecular weight is 413 g/mol. The lowest BCUT2D eigenvalue weighted by atomic mass is 10.2. The van der Waals surface area contributed by atoms with Crippen LogP contribution in [0.15, 0.2) is 5.16 Å². The minimum atomic E-state index is -1.07. The van der Waals surface area contributed by atoms with Crippen LogP contribution in [0.5, 0.6) is 0 Å². The van der Waals surface area contributed by atoms with Crippen molar-refractivity contribution in [1.29, 1.82) is 0 Å². The van der Waals surface area contributed by atoms with Gasteiger partial charge < -0.3 is 25.4 Å². The van der Waals surface area contributed by atoms with Crippen molar-refractivity contribution in [2.75, 3.05) is 24.3 Å². The zero-order chi connectivity index (χ0) is 20.3. The maximum Gasteiger partial charge on any atom is 0.191 e. The summed E-state index contributed by atoms with van der Waals surface area (Å²) in [5.41, 5.74) is 1.03. The molecule has 2 aromatic rings. The molecule has 0 radical (unpaired) electrons. The molecule has 0 amide bonds. The van der Waals surface area contributed by atoms with E-state index in [1.807, 2.05) is 13.8 Å². The van der Waals surface area contributed by atoms with Crippen LogP contribution in [-0.2, 0) is 4.74 Å². The molecule has 0 unspecified atom stereocenters. The highest BCUT2D eigenvalue weighted by Gasteiger charge is 2.44. The van der Waals surface area contributed by atoms with E-state index in [9.17, 15) is 10.2 Å². The zero-order valence-corrected chi connectivity index (χ0v) is 17.1. The van der Waals surface area contributed by atoms with Gasteiger partial charge in [-0.3, -0.25) is 0 Å². The van der Waals surface area contributed by atoms with E-state index in [-0.39, 0.29) is 19.3 Å². The van der Waals surface area contributed by atoms with E-state index < -0.39 is 24.4 Å². The second-order valence-corrected chi connectivity index (χ2v) is 8.19. The van der Waals surface area contributed by atoms with Gasteiger partial charge in [0.05, 0.1) is 25.4 Å². The Bertz CT molecular complexity index is 788. The molecule has 2 heterocycles. The van der Waals surface area contributed by atoms with Crippen LogP contribution in [0, 0.1) is 0 Å². The Hall–Kier alpha value is -1.53. The summed E-state index contributed by atoms with van der Waals surface area (Å²) in [6.07, 6.45) is -1.39.